The summed E-state index contributed by atoms with van der Waals surface area (Å²) < 4.78 is -0.640. The Morgan fingerprint density at radius 1 is 0.361 bits per heavy atom. The van der Waals surface area contributed by atoms with Crippen molar-refractivity contribution >= 4 is 153 Å². The van der Waals surface area contributed by atoms with E-state index in [0.717, 1.165) is 11.5 Å². The second kappa shape index (κ2) is 34.0. The summed E-state index contributed by atoms with van der Waals surface area (Å²) in [7, 11) is 0. The number of rotatable bonds is 40. The van der Waals surface area contributed by atoms with E-state index in [2.05, 4.69) is 291 Å². The summed E-state index contributed by atoms with van der Waals surface area (Å²) in [4.78, 5) is 0. The highest BCUT2D eigenvalue weighted by Gasteiger charge is 2.72. The molecule has 0 aromatic carbocycles. The molecule has 61 heavy (non-hydrogen) atoms. The van der Waals surface area contributed by atoms with E-state index in [1.54, 1.807) is 0 Å². The molecule has 0 amide bonds. The second-order valence-electron chi connectivity index (χ2n) is 17.8. The third-order valence-electron chi connectivity index (χ3n) is 9.84. The normalized spacial score (nSPS) is 19.7. The second-order valence-corrected chi connectivity index (χ2v) is 40.3. The molecular formula is C48H98S13. The van der Waals surface area contributed by atoms with E-state index in [1.807, 2.05) is 0 Å². The first-order valence-corrected chi connectivity index (χ1v) is 36.4. The van der Waals surface area contributed by atoms with Gasteiger partial charge in [0.15, 0.2) is 0 Å². The lowest BCUT2D eigenvalue weighted by Crippen LogP contribution is -2.64. The maximum absolute atomic E-state index is 2.88. The molecular weight excluding hydrogens is 993 g/mol. The van der Waals surface area contributed by atoms with Crippen molar-refractivity contribution in [2.75, 3.05) is 46.0 Å². The van der Waals surface area contributed by atoms with Crippen LogP contribution in [0.4, 0.5) is 0 Å². The predicted octanol–water partition coefficient (Wildman–Crippen LogP) is 20.8. The molecule has 0 fully saturated rings. The van der Waals surface area contributed by atoms with Crippen molar-refractivity contribution in [3.63, 3.8) is 0 Å². The lowest BCUT2D eigenvalue weighted by Gasteiger charge is -2.65. The van der Waals surface area contributed by atoms with Crippen LogP contribution < -0.4 is 0 Å². The molecule has 0 rings (SSSR count). The van der Waals surface area contributed by atoms with E-state index in [0.29, 0.717) is 32.8 Å². The molecule has 0 aromatic heterocycles. The summed E-state index contributed by atoms with van der Waals surface area (Å²) in [5, 5.41) is 2.15. The largest absolute Gasteiger partial charge is 0.136 e. The van der Waals surface area contributed by atoms with Crippen LogP contribution >= 0.6 is 153 Å². The lowest BCUT2D eigenvalue weighted by molar-refractivity contribution is 0.645. The van der Waals surface area contributed by atoms with E-state index in [-0.39, 0.29) is 23.1 Å². The molecule has 8 unspecified atom stereocenters. The first kappa shape index (κ1) is 65.5. The van der Waals surface area contributed by atoms with Crippen molar-refractivity contribution in [1.82, 2.24) is 0 Å². The number of hydrogen-bond donors (Lipinski definition) is 0. The lowest BCUT2D eigenvalue weighted by atomic mass is 10.2. The van der Waals surface area contributed by atoms with E-state index >= 15 is 0 Å². The summed E-state index contributed by atoms with van der Waals surface area (Å²) in [6.45, 7) is 50.3. The van der Waals surface area contributed by atoms with Crippen molar-refractivity contribution in [3.8, 4) is 0 Å². The molecule has 0 bridgehead atoms. The Bertz CT molecular complexity index is 1010. The average Bonchev–Trinajstić information content (AvgIpc) is 3.19. The minimum atomic E-state index is -0.162. The van der Waals surface area contributed by atoms with E-state index < -0.39 is 0 Å². The van der Waals surface area contributed by atoms with Gasteiger partial charge in [-0.2, -0.15) is 0 Å². The van der Waals surface area contributed by atoms with Gasteiger partial charge in [-0.15, -0.1) is 153 Å². The van der Waals surface area contributed by atoms with Gasteiger partial charge in [-0.1, -0.05) is 137 Å². The molecule has 0 aromatic rings. The van der Waals surface area contributed by atoms with Gasteiger partial charge in [0.2, 0.25) is 0 Å². The summed E-state index contributed by atoms with van der Waals surface area (Å²) in [5.74, 6) is 10.7. The Balaban J connectivity index is 9.87. The zero-order valence-corrected chi connectivity index (χ0v) is 53.7. The van der Waals surface area contributed by atoms with Gasteiger partial charge in [-0.25, -0.2) is 0 Å². The number of hydrogen-bond acceptors (Lipinski definition) is 13. The van der Waals surface area contributed by atoms with Crippen LogP contribution in [0.2, 0.25) is 0 Å². The van der Waals surface area contributed by atoms with Crippen molar-refractivity contribution in [1.29, 1.82) is 0 Å². The van der Waals surface area contributed by atoms with Crippen molar-refractivity contribution in [2.24, 2.45) is 11.8 Å². The smallest absolute Gasteiger partial charge is 0.124 e. The number of thioether (sulfide) groups is 13. The molecule has 0 heterocycles. The van der Waals surface area contributed by atoms with E-state index in [1.165, 1.54) is 85.9 Å². The Labute approximate surface area is 439 Å². The molecule has 8 atom stereocenters. The highest BCUT2D eigenvalue weighted by Crippen LogP contribution is 2.80. The van der Waals surface area contributed by atoms with Gasteiger partial charge >= 0.3 is 0 Å². The predicted molar refractivity (Wildman–Crippen MR) is 327 cm³/mol. The van der Waals surface area contributed by atoms with Gasteiger partial charge in [-0.3, -0.25) is 0 Å². The monoisotopic (exact) mass is 1090 g/mol. The van der Waals surface area contributed by atoms with Gasteiger partial charge < -0.3 is 0 Å². The first-order chi connectivity index (χ1) is 28.6. The van der Waals surface area contributed by atoms with Crippen molar-refractivity contribution < 1.29 is 0 Å². The third-order valence-corrected chi connectivity index (χ3v) is 37.5. The maximum Gasteiger partial charge on any atom is 0.124 e. The van der Waals surface area contributed by atoms with Gasteiger partial charge in [0.25, 0.3) is 0 Å². The average molecular weight is 1090 g/mol. The molecule has 0 aliphatic carbocycles. The molecule has 0 saturated carbocycles. The fraction of sp³-hybridized carbons (Fsp3) is 1.00. The summed E-state index contributed by atoms with van der Waals surface area (Å²) in [6.07, 6.45) is 9.85. The topological polar surface area (TPSA) is 0 Å². The molecule has 0 nitrogen and oxygen atoms in total. The molecule has 0 N–H and O–H groups in total. The molecule has 0 aliphatic rings. The van der Waals surface area contributed by atoms with Crippen LogP contribution in [-0.2, 0) is 0 Å². The van der Waals surface area contributed by atoms with Crippen LogP contribution in [0.1, 0.15) is 190 Å². The zero-order chi connectivity index (χ0) is 47.0. The van der Waals surface area contributed by atoms with Crippen LogP contribution in [0.25, 0.3) is 0 Å². The minimum Gasteiger partial charge on any atom is -0.136 e. The summed E-state index contributed by atoms with van der Waals surface area (Å²) >= 11 is 30.9. The van der Waals surface area contributed by atoms with Crippen LogP contribution in [0, 0.1) is 11.8 Å². The van der Waals surface area contributed by atoms with E-state index in [9.17, 15) is 0 Å². The van der Waals surface area contributed by atoms with Crippen LogP contribution in [0.3, 0.4) is 0 Å². The third kappa shape index (κ3) is 19.9. The SMILES string of the molecule is CCCCSC(SCC(C)C)(SC(C)CC)C(C)(SC(C)(C(SCC)(SCCC)SC(C)C)C(SCCCC)(SCC(C)C)SC(C)CC)C(SCC)(SCCC)SC(C)C. The van der Waals surface area contributed by atoms with Crippen molar-refractivity contribution in [3.05, 3.63) is 0 Å². The molecule has 0 spiro atoms. The minimum absolute atomic E-state index is 0.0777. The molecule has 13 heteroatoms. The Morgan fingerprint density at radius 3 is 0.918 bits per heavy atom. The summed E-state index contributed by atoms with van der Waals surface area (Å²) in [5.41, 5.74) is 0. The zero-order valence-electron chi connectivity index (χ0n) is 43.1. The van der Waals surface area contributed by atoms with Crippen molar-refractivity contribution in [2.45, 2.75) is 234 Å². The molecule has 0 radical (unpaired) electrons. The standard InChI is InChI=1S/C48H98S13/c1-21-29-33-53-47(55-35-37(9)10,59-41(17)25-5)43(19,45(49-27-7,51-31-23-3)57-39(13)14)61-44(20,46(50-28-8,52-32-24-4)58-40(15)16)48(54-34-30-22-2,56-36-38(11)12)60-42(18)26-6/h37-42H,21-36H2,1-20H3. The maximum atomic E-state index is 2.88. The molecule has 368 valence electrons. The molecule has 0 aliphatic heterocycles. The Morgan fingerprint density at radius 2 is 0.672 bits per heavy atom. The highest BCUT2D eigenvalue weighted by atomic mass is 32.3. The highest BCUT2D eigenvalue weighted by molar-refractivity contribution is 8.40. The fourth-order valence-electron chi connectivity index (χ4n) is 6.45. The van der Waals surface area contributed by atoms with Gasteiger partial charge in [0.05, 0.1) is 9.49 Å². The van der Waals surface area contributed by atoms with Crippen LogP contribution in [0.5, 0.6) is 0 Å². The Hall–Kier alpha value is 4.55. The molecule has 0 saturated heterocycles. The van der Waals surface area contributed by atoms with Crippen LogP contribution in [-0.4, -0.2) is 90.2 Å². The van der Waals surface area contributed by atoms with Gasteiger partial charge in [-0.05, 0) is 110 Å². The number of unbranched alkanes of at least 4 members (excludes halogenated alkanes) is 2. The quantitative estimate of drug-likeness (QED) is 0.0423. The Kier molecular flexibility index (Phi) is 36.5. The van der Waals surface area contributed by atoms with Gasteiger partial charge in [0.1, 0.15) is 13.6 Å². The fourth-order valence-corrected chi connectivity index (χ4v) is 36.2. The first-order valence-electron chi connectivity index (χ1n) is 24.2. The summed E-state index contributed by atoms with van der Waals surface area (Å²) in [6, 6.07) is 0. The van der Waals surface area contributed by atoms with Gasteiger partial charge in [0, 0.05) is 21.0 Å². The van der Waals surface area contributed by atoms with Crippen LogP contribution in [0.15, 0.2) is 0 Å². The van der Waals surface area contributed by atoms with E-state index in [4.69, 9.17) is 0 Å².